The lowest BCUT2D eigenvalue weighted by molar-refractivity contribution is 0.0859. The molecule has 0 bridgehead atoms. The van der Waals surface area contributed by atoms with Gasteiger partial charge in [0.05, 0.1) is 12.5 Å². The molecular formula is C14H25NO3Si2. The molecule has 0 aromatic heterocycles. The first kappa shape index (κ1) is 19.0. The van der Waals surface area contributed by atoms with E-state index in [9.17, 15) is 0 Å². The van der Waals surface area contributed by atoms with Gasteiger partial charge in [0.2, 0.25) is 0 Å². The van der Waals surface area contributed by atoms with E-state index in [1.165, 1.54) is 0 Å². The van der Waals surface area contributed by atoms with Crippen LogP contribution < -0.4 is 5.19 Å². The van der Waals surface area contributed by atoms with Crippen molar-refractivity contribution in [2.75, 3.05) is 19.8 Å². The number of nitrogens with zero attached hydrogens (tertiary/aromatic N) is 1. The zero-order chi connectivity index (χ0) is 14.1. The minimum atomic E-state index is -2.80. The Morgan fingerprint density at radius 1 is 0.950 bits per heavy atom. The molecular weight excluding hydrogens is 286 g/mol. The van der Waals surface area contributed by atoms with E-state index < -0.39 is 8.80 Å². The molecule has 1 aromatic rings. The molecule has 1 rings (SSSR count). The van der Waals surface area contributed by atoms with E-state index in [-0.39, 0.29) is 11.0 Å². The van der Waals surface area contributed by atoms with Crippen LogP contribution in [0.5, 0.6) is 0 Å². The Balaban J connectivity index is 0.00000361. The van der Waals surface area contributed by atoms with Crippen LogP contribution in [0, 0.1) is 11.3 Å². The Labute approximate surface area is 127 Å². The minimum absolute atomic E-state index is 0. The van der Waals surface area contributed by atoms with Crippen molar-refractivity contribution in [3.63, 3.8) is 0 Å². The molecule has 0 spiro atoms. The van der Waals surface area contributed by atoms with E-state index in [2.05, 4.69) is 6.07 Å². The SMILES string of the molecule is CCO[Si](OCC)(OCC)c1ccc(CC#N)cc1.[SiH4]. The molecule has 6 heteroatoms. The highest BCUT2D eigenvalue weighted by atomic mass is 28.4. The van der Waals surface area contributed by atoms with Crippen molar-refractivity contribution in [3.05, 3.63) is 29.8 Å². The summed E-state index contributed by atoms with van der Waals surface area (Å²) >= 11 is 0. The summed E-state index contributed by atoms with van der Waals surface area (Å²) in [5.41, 5.74) is 0.985. The van der Waals surface area contributed by atoms with Crippen LogP contribution in [0.2, 0.25) is 0 Å². The average molecular weight is 312 g/mol. The molecule has 0 atom stereocenters. The van der Waals surface area contributed by atoms with Gasteiger partial charge in [-0.3, -0.25) is 0 Å². The molecule has 0 fully saturated rings. The molecule has 0 N–H and O–H groups in total. The Morgan fingerprint density at radius 2 is 1.40 bits per heavy atom. The molecule has 0 unspecified atom stereocenters. The van der Waals surface area contributed by atoms with Crippen LogP contribution in [-0.4, -0.2) is 39.6 Å². The van der Waals surface area contributed by atoms with Gasteiger partial charge in [-0.1, -0.05) is 24.3 Å². The lowest BCUT2D eigenvalue weighted by Gasteiger charge is -2.28. The summed E-state index contributed by atoms with van der Waals surface area (Å²) in [5.74, 6) is 0. The fourth-order valence-electron chi connectivity index (χ4n) is 1.86. The van der Waals surface area contributed by atoms with E-state index in [4.69, 9.17) is 18.5 Å². The van der Waals surface area contributed by atoms with Gasteiger partial charge in [0.25, 0.3) is 0 Å². The summed E-state index contributed by atoms with van der Waals surface area (Å²) < 4.78 is 17.5. The highest BCUT2D eigenvalue weighted by molar-refractivity contribution is 6.75. The standard InChI is InChI=1S/C14H21NO3Si.H4Si/c1-4-16-19(17-5-2,18-6-3)14-9-7-13(8-10-14)11-12-15;/h7-10H,4-6,11H2,1-3H3;1H4. The summed E-state index contributed by atoms with van der Waals surface area (Å²) in [5, 5.41) is 9.63. The average Bonchev–Trinajstić information content (AvgIpc) is 2.41. The van der Waals surface area contributed by atoms with Gasteiger partial charge >= 0.3 is 8.80 Å². The molecule has 0 amide bonds. The van der Waals surface area contributed by atoms with Crippen LogP contribution >= 0.6 is 0 Å². The summed E-state index contributed by atoms with van der Waals surface area (Å²) in [7, 11) is -2.80. The third-order valence-corrected chi connectivity index (χ3v) is 5.64. The van der Waals surface area contributed by atoms with Gasteiger partial charge in [-0.15, -0.1) is 0 Å². The van der Waals surface area contributed by atoms with Crippen LogP contribution in [0.3, 0.4) is 0 Å². The third-order valence-electron chi connectivity index (χ3n) is 2.59. The molecule has 0 aliphatic rings. The van der Waals surface area contributed by atoms with Gasteiger partial charge in [0.15, 0.2) is 0 Å². The summed E-state index contributed by atoms with van der Waals surface area (Å²) in [6, 6.07) is 9.88. The Bertz CT molecular complexity index is 400. The second kappa shape index (κ2) is 9.85. The maximum atomic E-state index is 8.69. The van der Waals surface area contributed by atoms with E-state index in [1.807, 2.05) is 45.0 Å². The molecule has 20 heavy (non-hydrogen) atoms. The van der Waals surface area contributed by atoms with Crippen molar-refractivity contribution in [2.45, 2.75) is 27.2 Å². The van der Waals surface area contributed by atoms with E-state index in [1.54, 1.807) is 0 Å². The Morgan fingerprint density at radius 3 is 1.75 bits per heavy atom. The smallest absolute Gasteiger partial charge is 0.370 e. The molecule has 112 valence electrons. The fourth-order valence-corrected chi connectivity index (χ4v) is 4.33. The van der Waals surface area contributed by atoms with Crippen LogP contribution in [0.1, 0.15) is 26.3 Å². The maximum absolute atomic E-state index is 8.69. The van der Waals surface area contributed by atoms with E-state index >= 15 is 0 Å². The first-order chi connectivity index (χ1) is 9.22. The molecule has 0 aliphatic heterocycles. The van der Waals surface area contributed by atoms with Gasteiger partial charge in [-0.2, -0.15) is 5.26 Å². The molecule has 0 radical (unpaired) electrons. The van der Waals surface area contributed by atoms with Crippen LogP contribution in [0.4, 0.5) is 0 Å². The zero-order valence-corrected chi connectivity index (χ0v) is 12.8. The first-order valence-corrected chi connectivity index (χ1v) is 8.33. The Hall–Kier alpha value is -0.976. The number of hydrogen-bond donors (Lipinski definition) is 0. The number of hydrogen-bond acceptors (Lipinski definition) is 4. The normalized spacial score (nSPS) is 10.7. The lowest BCUT2D eigenvalue weighted by atomic mass is 10.2. The van der Waals surface area contributed by atoms with E-state index in [0.29, 0.717) is 26.2 Å². The van der Waals surface area contributed by atoms with Gasteiger partial charge in [0, 0.05) is 25.0 Å². The minimum Gasteiger partial charge on any atom is -0.370 e. The molecule has 1 aromatic carbocycles. The number of rotatable bonds is 8. The second-order valence-corrected chi connectivity index (χ2v) is 6.44. The summed E-state index contributed by atoms with van der Waals surface area (Å²) in [6.07, 6.45) is 0.409. The van der Waals surface area contributed by atoms with Crippen molar-refractivity contribution < 1.29 is 13.3 Å². The van der Waals surface area contributed by atoms with Crippen LogP contribution in [0.25, 0.3) is 0 Å². The van der Waals surface area contributed by atoms with Gasteiger partial charge in [-0.05, 0) is 37.3 Å². The van der Waals surface area contributed by atoms with Crippen LogP contribution in [-0.2, 0) is 19.7 Å². The van der Waals surface area contributed by atoms with Gasteiger partial charge in [0.1, 0.15) is 0 Å². The highest BCUT2D eigenvalue weighted by Gasteiger charge is 2.43. The molecule has 0 aliphatic carbocycles. The Kier molecular flexibility index (Phi) is 9.37. The lowest BCUT2D eigenvalue weighted by Crippen LogP contribution is -2.56. The quantitative estimate of drug-likeness (QED) is 0.658. The van der Waals surface area contributed by atoms with Gasteiger partial charge in [-0.25, -0.2) is 0 Å². The van der Waals surface area contributed by atoms with Crippen molar-refractivity contribution in [1.82, 2.24) is 0 Å². The second-order valence-electron chi connectivity index (χ2n) is 3.89. The molecule has 0 saturated carbocycles. The highest BCUT2D eigenvalue weighted by Crippen LogP contribution is 2.12. The van der Waals surface area contributed by atoms with Crippen molar-refractivity contribution in [3.8, 4) is 6.07 Å². The third kappa shape index (κ3) is 4.85. The number of nitriles is 1. The van der Waals surface area contributed by atoms with Crippen LogP contribution in [0.15, 0.2) is 24.3 Å². The van der Waals surface area contributed by atoms with E-state index in [0.717, 1.165) is 10.8 Å². The summed E-state index contributed by atoms with van der Waals surface area (Å²) in [4.78, 5) is 0. The predicted octanol–water partition coefficient (Wildman–Crippen LogP) is 0.556. The largest absolute Gasteiger partial charge is 0.537 e. The van der Waals surface area contributed by atoms with Crippen molar-refractivity contribution in [1.29, 1.82) is 5.26 Å². The monoisotopic (exact) mass is 311 g/mol. The summed E-state index contributed by atoms with van der Waals surface area (Å²) in [6.45, 7) is 7.45. The molecule has 0 heterocycles. The molecule has 4 nitrogen and oxygen atoms in total. The molecule has 0 saturated heterocycles. The van der Waals surface area contributed by atoms with Gasteiger partial charge < -0.3 is 13.3 Å². The predicted molar refractivity (Wildman–Crippen MR) is 87.4 cm³/mol. The zero-order valence-electron chi connectivity index (χ0n) is 11.8. The first-order valence-electron chi connectivity index (χ1n) is 6.60. The topological polar surface area (TPSA) is 51.5 Å². The van der Waals surface area contributed by atoms with Crippen molar-refractivity contribution in [2.24, 2.45) is 0 Å². The number of benzene rings is 1. The fraction of sp³-hybridized carbons (Fsp3) is 0.500. The maximum Gasteiger partial charge on any atom is 0.537 e. The van der Waals surface area contributed by atoms with Crippen molar-refractivity contribution >= 4 is 25.0 Å².